The summed E-state index contributed by atoms with van der Waals surface area (Å²) in [6.45, 7) is 6.34. The maximum atomic E-state index is 6.29. The summed E-state index contributed by atoms with van der Waals surface area (Å²) in [6.07, 6.45) is 3.51. The first-order valence-corrected chi connectivity index (χ1v) is 6.47. The lowest BCUT2D eigenvalue weighted by molar-refractivity contribution is 0.407. The lowest BCUT2D eigenvalue weighted by Crippen LogP contribution is -2.15. The minimum Gasteiger partial charge on any atom is -0.496 e. The van der Waals surface area contributed by atoms with Crippen LogP contribution in [-0.2, 0) is 0 Å². The van der Waals surface area contributed by atoms with Gasteiger partial charge in [0.25, 0.3) is 0 Å². The first kappa shape index (κ1) is 13.6. The summed E-state index contributed by atoms with van der Waals surface area (Å²) >= 11 is 0. The standard InChI is InChI=1S/C15H21N3O/c1-9(2)11-8-12(10(3)7-13(11)19-4)14(16)15-17-5-6-18-15/h5-9,14H,16H2,1-4H3,(H,17,18). The Labute approximate surface area is 114 Å². The highest BCUT2D eigenvalue weighted by Crippen LogP contribution is 2.32. The van der Waals surface area contributed by atoms with Crippen molar-refractivity contribution < 1.29 is 4.74 Å². The molecule has 2 rings (SSSR count). The van der Waals surface area contributed by atoms with Crippen LogP contribution in [0.1, 0.15) is 48.3 Å². The molecule has 0 fully saturated rings. The summed E-state index contributed by atoms with van der Waals surface area (Å²) in [5.41, 5.74) is 9.66. The van der Waals surface area contributed by atoms with Gasteiger partial charge in [0.1, 0.15) is 11.6 Å². The highest BCUT2D eigenvalue weighted by Gasteiger charge is 2.18. The highest BCUT2D eigenvalue weighted by atomic mass is 16.5. The molecule has 2 aromatic rings. The number of hydrogen-bond acceptors (Lipinski definition) is 3. The summed E-state index contributed by atoms with van der Waals surface area (Å²) in [6, 6.07) is 3.94. The molecule has 0 amide bonds. The van der Waals surface area contributed by atoms with Crippen LogP contribution in [0.4, 0.5) is 0 Å². The largest absolute Gasteiger partial charge is 0.496 e. The van der Waals surface area contributed by atoms with Crippen LogP contribution in [0.3, 0.4) is 0 Å². The predicted molar refractivity (Wildman–Crippen MR) is 76.4 cm³/mol. The molecule has 0 bridgehead atoms. The number of nitrogens with two attached hydrogens (primary N) is 1. The second-order valence-electron chi connectivity index (χ2n) is 5.06. The second kappa shape index (κ2) is 5.45. The molecular weight excluding hydrogens is 238 g/mol. The van der Waals surface area contributed by atoms with E-state index in [0.29, 0.717) is 5.92 Å². The third-order valence-electron chi connectivity index (χ3n) is 3.39. The van der Waals surface area contributed by atoms with Gasteiger partial charge in [-0.05, 0) is 41.7 Å². The number of nitrogens with one attached hydrogen (secondary N) is 1. The molecule has 0 saturated carbocycles. The molecule has 0 aliphatic rings. The van der Waals surface area contributed by atoms with Crippen LogP contribution in [-0.4, -0.2) is 17.1 Å². The SMILES string of the molecule is COc1cc(C)c(C(N)c2ncc[nH]2)cc1C(C)C. The van der Waals surface area contributed by atoms with E-state index in [1.54, 1.807) is 19.5 Å². The van der Waals surface area contributed by atoms with Crippen LogP contribution in [0.5, 0.6) is 5.75 Å². The average Bonchev–Trinajstić information content (AvgIpc) is 2.91. The number of aromatic amines is 1. The fourth-order valence-electron chi connectivity index (χ4n) is 2.27. The molecule has 102 valence electrons. The summed E-state index contributed by atoms with van der Waals surface area (Å²) in [5, 5.41) is 0. The Kier molecular flexibility index (Phi) is 3.90. The van der Waals surface area contributed by atoms with Crippen molar-refractivity contribution in [2.45, 2.75) is 32.7 Å². The maximum absolute atomic E-state index is 6.29. The number of aromatic nitrogens is 2. The van der Waals surface area contributed by atoms with Gasteiger partial charge in [-0.2, -0.15) is 0 Å². The van der Waals surface area contributed by atoms with Crippen molar-refractivity contribution in [2.75, 3.05) is 7.11 Å². The van der Waals surface area contributed by atoms with Crippen molar-refractivity contribution in [2.24, 2.45) is 5.73 Å². The predicted octanol–water partition coefficient (Wildman–Crippen LogP) is 2.90. The van der Waals surface area contributed by atoms with E-state index in [4.69, 9.17) is 10.5 Å². The van der Waals surface area contributed by atoms with Gasteiger partial charge in [-0.15, -0.1) is 0 Å². The van der Waals surface area contributed by atoms with Crippen molar-refractivity contribution in [1.82, 2.24) is 9.97 Å². The van der Waals surface area contributed by atoms with Crippen LogP contribution in [0.25, 0.3) is 0 Å². The number of hydrogen-bond donors (Lipinski definition) is 2. The molecule has 1 atom stereocenters. The Morgan fingerprint density at radius 1 is 1.26 bits per heavy atom. The van der Waals surface area contributed by atoms with Crippen molar-refractivity contribution in [3.8, 4) is 5.75 Å². The van der Waals surface area contributed by atoms with Crippen molar-refractivity contribution >= 4 is 0 Å². The third-order valence-corrected chi connectivity index (χ3v) is 3.39. The van der Waals surface area contributed by atoms with Gasteiger partial charge in [0.15, 0.2) is 0 Å². The molecule has 1 aromatic carbocycles. The quantitative estimate of drug-likeness (QED) is 0.887. The zero-order valence-corrected chi connectivity index (χ0v) is 11.9. The zero-order chi connectivity index (χ0) is 14.0. The molecule has 0 saturated heterocycles. The van der Waals surface area contributed by atoms with Crippen LogP contribution in [0, 0.1) is 6.92 Å². The van der Waals surface area contributed by atoms with Gasteiger partial charge in [-0.3, -0.25) is 0 Å². The monoisotopic (exact) mass is 259 g/mol. The first-order chi connectivity index (χ1) is 9.04. The van der Waals surface area contributed by atoms with Gasteiger partial charge in [-0.25, -0.2) is 4.98 Å². The molecule has 1 heterocycles. The van der Waals surface area contributed by atoms with Crippen molar-refractivity contribution in [3.63, 3.8) is 0 Å². The molecule has 19 heavy (non-hydrogen) atoms. The smallest absolute Gasteiger partial charge is 0.127 e. The first-order valence-electron chi connectivity index (χ1n) is 6.47. The number of H-pyrrole nitrogens is 1. The summed E-state index contributed by atoms with van der Waals surface area (Å²) in [7, 11) is 1.70. The number of benzene rings is 1. The Morgan fingerprint density at radius 2 is 2.00 bits per heavy atom. The van der Waals surface area contributed by atoms with Crippen LogP contribution >= 0.6 is 0 Å². The summed E-state index contributed by atoms with van der Waals surface area (Å²) < 4.78 is 5.45. The van der Waals surface area contributed by atoms with Gasteiger partial charge in [0.05, 0.1) is 13.2 Å². The maximum Gasteiger partial charge on any atom is 0.127 e. The van der Waals surface area contributed by atoms with E-state index < -0.39 is 0 Å². The van der Waals surface area contributed by atoms with Crippen molar-refractivity contribution in [3.05, 3.63) is 47.0 Å². The number of nitrogens with zero attached hydrogens (tertiary/aromatic N) is 1. The van der Waals surface area contributed by atoms with Crippen LogP contribution in [0.2, 0.25) is 0 Å². The molecule has 4 heteroatoms. The van der Waals surface area contributed by atoms with Gasteiger partial charge < -0.3 is 15.5 Å². The van der Waals surface area contributed by atoms with E-state index in [2.05, 4.69) is 29.9 Å². The molecule has 1 aromatic heterocycles. The number of ether oxygens (including phenoxy) is 1. The third kappa shape index (κ3) is 2.63. The lowest BCUT2D eigenvalue weighted by atomic mass is 9.93. The van der Waals surface area contributed by atoms with E-state index in [1.165, 1.54) is 5.56 Å². The number of rotatable bonds is 4. The topological polar surface area (TPSA) is 63.9 Å². The number of imidazole rings is 1. The molecule has 1 unspecified atom stereocenters. The van der Waals surface area contributed by atoms with Crippen LogP contribution < -0.4 is 10.5 Å². The van der Waals surface area contributed by atoms with E-state index in [0.717, 1.165) is 22.7 Å². The highest BCUT2D eigenvalue weighted by molar-refractivity contribution is 5.46. The van der Waals surface area contributed by atoms with E-state index >= 15 is 0 Å². The Hall–Kier alpha value is -1.81. The molecule has 0 aliphatic heterocycles. The number of methoxy groups -OCH3 is 1. The molecule has 0 spiro atoms. The molecule has 0 aliphatic carbocycles. The Balaban J connectivity index is 2.49. The normalized spacial score (nSPS) is 12.7. The molecule has 4 nitrogen and oxygen atoms in total. The minimum atomic E-state index is -0.238. The second-order valence-corrected chi connectivity index (χ2v) is 5.06. The van der Waals surface area contributed by atoms with Crippen molar-refractivity contribution in [1.29, 1.82) is 0 Å². The van der Waals surface area contributed by atoms with Gasteiger partial charge >= 0.3 is 0 Å². The molecular formula is C15H21N3O. The zero-order valence-electron chi connectivity index (χ0n) is 11.9. The van der Waals surface area contributed by atoms with E-state index in [-0.39, 0.29) is 6.04 Å². The Bertz CT molecular complexity index is 547. The van der Waals surface area contributed by atoms with E-state index in [1.807, 2.05) is 13.0 Å². The number of aryl methyl sites for hydroxylation is 1. The fraction of sp³-hybridized carbons (Fsp3) is 0.400. The van der Waals surface area contributed by atoms with E-state index in [9.17, 15) is 0 Å². The molecule has 3 N–H and O–H groups in total. The van der Waals surface area contributed by atoms with Gasteiger partial charge in [0, 0.05) is 12.4 Å². The van der Waals surface area contributed by atoms with Gasteiger partial charge in [-0.1, -0.05) is 13.8 Å². The van der Waals surface area contributed by atoms with Gasteiger partial charge in [0.2, 0.25) is 0 Å². The minimum absolute atomic E-state index is 0.238. The lowest BCUT2D eigenvalue weighted by Gasteiger charge is -2.19. The fourth-order valence-corrected chi connectivity index (χ4v) is 2.27. The average molecular weight is 259 g/mol. The Morgan fingerprint density at radius 3 is 2.53 bits per heavy atom. The summed E-state index contributed by atoms with van der Waals surface area (Å²) in [4.78, 5) is 7.31. The summed E-state index contributed by atoms with van der Waals surface area (Å²) in [5.74, 6) is 2.09. The molecule has 0 radical (unpaired) electrons. The van der Waals surface area contributed by atoms with Crippen LogP contribution in [0.15, 0.2) is 24.5 Å².